The van der Waals surface area contributed by atoms with E-state index >= 15 is 0 Å². The quantitative estimate of drug-likeness (QED) is 0.0420. The number of nitrogens with one attached hydrogen (secondary N) is 2. The van der Waals surface area contributed by atoms with Gasteiger partial charge in [0.1, 0.15) is 23.0 Å². The highest BCUT2D eigenvalue weighted by Crippen LogP contribution is 2.43. The molecule has 3 aromatic heterocycles. The van der Waals surface area contributed by atoms with Crippen LogP contribution < -0.4 is 18.9 Å². The average molecular weight is 1710 g/mol. The highest BCUT2D eigenvalue weighted by atomic mass is 16.8. The summed E-state index contributed by atoms with van der Waals surface area (Å²) in [5.41, 5.74) is 6.54. The SMILES string of the molecule is CC(=O)O[C@@H]1[C@H](Oc2cccc(-c3c4nc(c(-c5cccc(O[C@@H]6OC[C@@H](OC(C)=O)[C@@H](OC(C)=O)[C@@H]6OC(C)=O)c5)c5ccc([nH]5)c(-c5cccc(O[C@@H]6OC[C@@H](OC(C)=O)[C@@H](OC(C)=O)[C@@H]6OC(C)=O)c5)c5nc(c(-c6cccc(O[C@@H]7OC[C@@H](OC(C)=O)[C@@H](OC(C)=O)[C@@H]7OC(C)=O)c6)c6ccc3[nH]6)C=C5)C=C4)c2)OC[C@@H](OC(C)=O)[C@H]1OC(C)=O. The lowest BCUT2D eigenvalue weighted by atomic mass is 10.0. The molecule has 4 fully saturated rings. The minimum atomic E-state index is -1.49. The predicted octanol–water partition coefficient (Wildman–Crippen LogP) is 9.44. The van der Waals surface area contributed by atoms with Crippen molar-refractivity contribution in [1.29, 1.82) is 0 Å². The molecular formula is C88H86N4O32. The number of rotatable bonds is 24. The molecule has 9 heterocycles. The Balaban J connectivity index is 1.04. The normalized spacial score (nSPS) is 23.7. The number of fused-ring (bicyclic) bond motifs is 8. The Morgan fingerprint density at radius 1 is 0.258 bits per heavy atom. The van der Waals surface area contributed by atoms with Crippen molar-refractivity contribution in [3.8, 4) is 67.5 Å². The van der Waals surface area contributed by atoms with E-state index in [1.807, 2.05) is 0 Å². The van der Waals surface area contributed by atoms with Crippen LogP contribution in [-0.4, -0.2) is 216 Å². The number of hydrogen-bond acceptors (Lipinski definition) is 34. The molecule has 124 heavy (non-hydrogen) atoms. The van der Waals surface area contributed by atoms with Crippen LogP contribution >= 0.6 is 0 Å². The molecule has 4 aromatic carbocycles. The molecule has 13 rings (SSSR count). The van der Waals surface area contributed by atoms with Crippen LogP contribution in [0, 0.1) is 0 Å². The fourth-order valence-corrected chi connectivity index (χ4v) is 15.1. The fourth-order valence-electron chi connectivity index (χ4n) is 15.1. The third-order valence-corrected chi connectivity index (χ3v) is 19.5. The van der Waals surface area contributed by atoms with E-state index in [0.717, 1.165) is 83.1 Å². The number of aromatic nitrogens is 4. The summed E-state index contributed by atoms with van der Waals surface area (Å²) < 4.78 is 118. The van der Waals surface area contributed by atoms with Crippen LogP contribution in [0.2, 0.25) is 0 Å². The highest BCUT2D eigenvalue weighted by Gasteiger charge is 2.53. The summed E-state index contributed by atoms with van der Waals surface area (Å²) in [4.78, 5) is 170. The molecule has 2 N–H and O–H groups in total. The summed E-state index contributed by atoms with van der Waals surface area (Å²) in [5, 5.41) is 0. The van der Waals surface area contributed by atoms with Crippen molar-refractivity contribution in [1.82, 2.24) is 19.9 Å². The van der Waals surface area contributed by atoms with Gasteiger partial charge in [-0.1, -0.05) is 48.5 Å². The van der Waals surface area contributed by atoms with E-state index in [1.54, 1.807) is 146 Å². The van der Waals surface area contributed by atoms with E-state index < -0.39 is 170 Å². The fraction of sp³-hybridized carbons (Fsp3) is 0.364. The number of nitrogens with zero attached hydrogens (tertiary/aromatic N) is 2. The number of H-pyrrole nitrogens is 2. The number of benzene rings is 4. The lowest BCUT2D eigenvalue weighted by molar-refractivity contribution is -0.259. The van der Waals surface area contributed by atoms with E-state index in [0.29, 0.717) is 89.4 Å². The summed E-state index contributed by atoms with van der Waals surface area (Å²) in [6.45, 7) is 12.3. The molecule has 0 unspecified atom stereocenters. The van der Waals surface area contributed by atoms with Gasteiger partial charge in [-0.3, -0.25) is 57.5 Å². The van der Waals surface area contributed by atoms with Gasteiger partial charge in [0.2, 0.25) is 49.6 Å². The Hall–Kier alpha value is -13.8. The second-order valence-corrected chi connectivity index (χ2v) is 29.1. The summed E-state index contributed by atoms with van der Waals surface area (Å²) >= 11 is 0. The van der Waals surface area contributed by atoms with E-state index in [4.69, 9.17) is 105 Å². The van der Waals surface area contributed by atoms with E-state index in [9.17, 15) is 57.5 Å². The second kappa shape index (κ2) is 38.5. The minimum Gasteiger partial charge on any atom is -0.461 e. The van der Waals surface area contributed by atoms with Crippen molar-refractivity contribution >= 4 is 118 Å². The summed E-state index contributed by atoms with van der Waals surface area (Å²) in [6.07, 6.45) is -15.2. The maximum absolute atomic E-state index is 12.9. The Morgan fingerprint density at radius 2 is 0.444 bits per heavy atom. The Bertz CT molecular complexity index is 4910. The van der Waals surface area contributed by atoms with Crippen molar-refractivity contribution in [3.63, 3.8) is 0 Å². The zero-order valence-electron chi connectivity index (χ0n) is 68.9. The Labute approximate surface area is 706 Å². The molecule has 6 aliphatic rings. The molecule has 16 atom stereocenters. The molecule has 8 bridgehead atoms. The maximum Gasteiger partial charge on any atom is 0.303 e. The molecule has 0 amide bonds. The smallest absolute Gasteiger partial charge is 0.303 e. The molecule has 36 heteroatoms. The van der Waals surface area contributed by atoms with Crippen molar-refractivity contribution in [2.45, 2.75) is 181 Å². The van der Waals surface area contributed by atoms with Gasteiger partial charge >= 0.3 is 71.6 Å². The number of ether oxygens (including phenoxy) is 20. The van der Waals surface area contributed by atoms with Crippen molar-refractivity contribution in [2.75, 3.05) is 26.4 Å². The summed E-state index contributed by atoms with van der Waals surface area (Å²) in [6, 6.07) is 34.2. The van der Waals surface area contributed by atoms with Gasteiger partial charge < -0.3 is 105 Å². The molecular weight excluding hydrogens is 1620 g/mol. The molecule has 650 valence electrons. The topological polar surface area (TPSA) is 447 Å². The van der Waals surface area contributed by atoms with E-state index in [-0.39, 0.29) is 49.4 Å². The van der Waals surface area contributed by atoms with Crippen LogP contribution in [-0.2, 0) is 133 Å². The standard InChI is InChI=1S/C88H86N4O32/c1-41(93)109-69-37-105-85(81(117-49(9)101)77(69)113-45(5)97)121-57-21-13-17-53(33-57)73-61-25-27-63(89-61)74(54-18-14-22-58(34-54)122-86-82(118-50(10)102)78(114-46(6)98)70(38-106-86)110-42(2)94)65-29-31-67(91-65)76(56-20-16-24-60(36-56)124-88-84(120-52(12)104)80(116-48(8)100)72(40-108-88)112-44(4)96)68-32-30-66(92-68)75(64-28-26-62(73)90-64)55-19-15-23-59(35-55)123-87-83(119-51(11)103)79(115-47(7)99)71(39-107-87)111-43(3)95/h13-36,69-72,77-89,92H,37-40H2,1-12H3/t69-,70-,71-,72-,77-,78-,79-,80-,81+,82+,83+,84+,85+,86+,87+,88+/m1/s1. The van der Waals surface area contributed by atoms with Crippen molar-refractivity contribution < 1.29 is 152 Å². The predicted molar refractivity (Wildman–Crippen MR) is 429 cm³/mol. The van der Waals surface area contributed by atoms with Crippen LogP contribution in [0.3, 0.4) is 0 Å². The monoisotopic (exact) mass is 1710 g/mol. The van der Waals surface area contributed by atoms with Gasteiger partial charge in [-0.15, -0.1) is 0 Å². The number of aromatic amines is 2. The van der Waals surface area contributed by atoms with Crippen LogP contribution in [0.4, 0.5) is 0 Å². The highest BCUT2D eigenvalue weighted by molar-refractivity contribution is 6.00. The van der Waals surface area contributed by atoms with Gasteiger partial charge in [-0.05, 0) is 119 Å². The van der Waals surface area contributed by atoms with Crippen molar-refractivity contribution in [3.05, 3.63) is 144 Å². The third-order valence-electron chi connectivity index (χ3n) is 19.5. The van der Waals surface area contributed by atoms with Crippen LogP contribution in [0.15, 0.2) is 121 Å². The van der Waals surface area contributed by atoms with Crippen LogP contribution in [0.5, 0.6) is 23.0 Å². The maximum atomic E-state index is 12.9. The number of carbonyl (C=O) groups excluding carboxylic acids is 12. The number of hydrogen-bond donors (Lipinski definition) is 2. The molecule has 0 spiro atoms. The first kappa shape index (κ1) is 88.0. The second-order valence-electron chi connectivity index (χ2n) is 29.1. The number of carbonyl (C=O) groups is 12. The number of esters is 12. The Morgan fingerprint density at radius 3 is 0.629 bits per heavy atom. The Kier molecular flexibility index (Phi) is 27.3. The first-order valence-electron chi connectivity index (χ1n) is 39.0. The zero-order chi connectivity index (χ0) is 88.5. The van der Waals surface area contributed by atoms with Gasteiger partial charge in [0, 0.05) is 127 Å². The van der Waals surface area contributed by atoms with Crippen LogP contribution in [0.1, 0.15) is 106 Å². The first-order chi connectivity index (χ1) is 59.3. The zero-order valence-corrected chi connectivity index (χ0v) is 68.9. The molecule has 0 aliphatic carbocycles. The van der Waals surface area contributed by atoms with Crippen molar-refractivity contribution in [2.24, 2.45) is 0 Å². The molecule has 7 aromatic rings. The molecule has 4 saturated heterocycles. The lowest BCUT2D eigenvalue weighted by Crippen LogP contribution is -2.59. The van der Waals surface area contributed by atoms with Gasteiger partial charge in [0.05, 0.1) is 49.2 Å². The minimum absolute atomic E-state index is 0.129. The van der Waals surface area contributed by atoms with Crippen LogP contribution in [0.25, 0.3) is 90.9 Å². The summed E-state index contributed by atoms with van der Waals surface area (Å²) in [5.74, 6) is -8.80. The van der Waals surface area contributed by atoms with Gasteiger partial charge in [0.15, 0.2) is 48.8 Å². The van der Waals surface area contributed by atoms with Gasteiger partial charge in [-0.2, -0.15) is 0 Å². The van der Waals surface area contributed by atoms with E-state index in [2.05, 4.69) is 9.97 Å². The molecule has 0 radical (unpaired) electrons. The molecule has 0 saturated carbocycles. The van der Waals surface area contributed by atoms with Gasteiger partial charge in [0.25, 0.3) is 0 Å². The molecule has 6 aliphatic heterocycles. The largest absolute Gasteiger partial charge is 0.461 e. The first-order valence-corrected chi connectivity index (χ1v) is 39.0. The average Bonchev–Trinajstić information content (AvgIpc) is 1.60. The van der Waals surface area contributed by atoms with E-state index in [1.165, 1.54) is 0 Å². The lowest BCUT2D eigenvalue weighted by Gasteiger charge is -2.40. The van der Waals surface area contributed by atoms with Gasteiger partial charge in [-0.25, -0.2) is 9.97 Å². The summed E-state index contributed by atoms with van der Waals surface area (Å²) in [7, 11) is 0. The third kappa shape index (κ3) is 21.2. The molecule has 36 nitrogen and oxygen atoms in total.